The van der Waals surface area contributed by atoms with Gasteiger partial charge in [-0.05, 0) is 28.2 Å². The molecule has 0 bridgehead atoms. The Balaban J connectivity index is 1.44. The van der Waals surface area contributed by atoms with Crippen molar-refractivity contribution in [2.24, 2.45) is 11.8 Å². The fraction of sp³-hybridized carbons (Fsp3) is 0.375. The highest BCUT2D eigenvalue weighted by molar-refractivity contribution is 5.79. The lowest BCUT2D eigenvalue weighted by atomic mass is 9.98. The molecule has 0 aliphatic heterocycles. The summed E-state index contributed by atoms with van der Waals surface area (Å²) in [5.74, 6) is -5.98. The average molecular weight is 478 g/mol. The molecule has 0 radical (unpaired) electrons. The monoisotopic (exact) mass is 478 g/mol. The molecule has 0 saturated heterocycles. The van der Waals surface area contributed by atoms with E-state index in [9.17, 15) is 27.6 Å². The van der Waals surface area contributed by atoms with Gasteiger partial charge in [0.05, 0.1) is 0 Å². The van der Waals surface area contributed by atoms with Gasteiger partial charge in [-0.3, -0.25) is 9.59 Å². The predicted molar refractivity (Wildman–Crippen MR) is 117 cm³/mol. The van der Waals surface area contributed by atoms with Crippen LogP contribution in [0.4, 0.5) is 18.0 Å². The van der Waals surface area contributed by atoms with Gasteiger partial charge in [0, 0.05) is 25.4 Å². The molecule has 10 heteroatoms. The van der Waals surface area contributed by atoms with E-state index in [1.54, 1.807) is 6.92 Å². The van der Waals surface area contributed by atoms with E-state index in [4.69, 9.17) is 9.84 Å². The number of hydrogen-bond donors (Lipinski definition) is 3. The number of rotatable bonds is 9. The molecule has 0 fully saturated rings. The summed E-state index contributed by atoms with van der Waals surface area (Å²) in [6.07, 6.45) is -5.82. The molecule has 182 valence electrons. The van der Waals surface area contributed by atoms with Crippen LogP contribution in [0.25, 0.3) is 11.1 Å². The number of aliphatic carboxylic acids is 1. The van der Waals surface area contributed by atoms with Crippen molar-refractivity contribution in [3.05, 3.63) is 59.7 Å². The lowest BCUT2D eigenvalue weighted by Crippen LogP contribution is -2.41. The van der Waals surface area contributed by atoms with E-state index in [0.717, 1.165) is 22.3 Å². The van der Waals surface area contributed by atoms with E-state index < -0.39 is 42.5 Å². The van der Waals surface area contributed by atoms with E-state index >= 15 is 0 Å². The topological polar surface area (TPSA) is 105 Å². The summed E-state index contributed by atoms with van der Waals surface area (Å²) in [6, 6.07) is 15.8. The van der Waals surface area contributed by atoms with Crippen molar-refractivity contribution in [1.82, 2.24) is 10.6 Å². The number of alkyl carbamates (subject to hydrolysis) is 1. The van der Waals surface area contributed by atoms with E-state index in [2.05, 4.69) is 5.32 Å². The first-order valence-corrected chi connectivity index (χ1v) is 10.7. The summed E-state index contributed by atoms with van der Waals surface area (Å²) < 4.78 is 43.3. The number of carbonyl (C=O) groups excluding carboxylic acids is 2. The Morgan fingerprint density at radius 3 is 2.06 bits per heavy atom. The van der Waals surface area contributed by atoms with E-state index in [-0.39, 0.29) is 25.5 Å². The van der Waals surface area contributed by atoms with Crippen LogP contribution in [-0.2, 0) is 14.3 Å². The van der Waals surface area contributed by atoms with Crippen molar-refractivity contribution in [2.45, 2.75) is 25.4 Å². The first-order valence-electron chi connectivity index (χ1n) is 10.7. The van der Waals surface area contributed by atoms with Crippen LogP contribution >= 0.6 is 0 Å². The fourth-order valence-electron chi connectivity index (χ4n) is 3.93. The van der Waals surface area contributed by atoms with Crippen LogP contribution in [-0.4, -0.2) is 48.9 Å². The highest BCUT2D eigenvalue weighted by Gasteiger charge is 2.45. The highest BCUT2D eigenvalue weighted by atomic mass is 19.4. The van der Waals surface area contributed by atoms with Crippen molar-refractivity contribution < 1.29 is 37.4 Å². The van der Waals surface area contributed by atoms with Crippen molar-refractivity contribution in [2.75, 3.05) is 19.7 Å². The highest BCUT2D eigenvalue weighted by Crippen LogP contribution is 2.44. The molecule has 0 heterocycles. The number of benzene rings is 2. The zero-order chi connectivity index (χ0) is 24.9. The maximum atomic E-state index is 12.6. The number of amides is 2. The minimum atomic E-state index is -4.96. The van der Waals surface area contributed by atoms with Gasteiger partial charge in [0.1, 0.15) is 6.61 Å². The number of carboxylic acid groups (broad SMARTS) is 1. The van der Waals surface area contributed by atoms with Crippen molar-refractivity contribution in [3.8, 4) is 11.1 Å². The summed E-state index contributed by atoms with van der Waals surface area (Å²) >= 11 is 0. The number of fused-ring (bicyclic) bond motifs is 3. The van der Waals surface area contributed by atoms with Gasteiger partial charge in [0.2, 0.25) is 5.91 Å². The number of hydrogen-bond acceptors (Lipinski definition) is 4. The van der Waals surface area contributed by atoms with Crippen molar-refractivity contribution >= 4 is 18.0 Å². The van der Waals surface area contributed by atoms with E-state index in [1.165, 1.54) is 0 Å². The summed E-state index contributed by atoms with van der Waals surface area (Å²) in [7, 11) is 0. The quantitative estimate of drug-likeness (QED) is 0.507. The first-order chi connectivity index (χ1) is 16.1. The molecule has 3 N–H and O–H groups in total. The Morgan fingerprint density at radius 1 is 0.971 bits per heavy atom. The molecule has 2 unspecified atom stereocenters. The van der Waals surface area contributed by atoms with Crippen LogP contribution in [0.5, 0.6) is 0 Å². The first kappa shape index (κ1) is 25.1. The van der Waals surface area contributed by atoms with Crippen LogP contribution in [0.2, 0.25) is 0 Å². The van der Waals surface area contributed by atoms with Crippen LogP contribution in [0, 0.1) is 11.8 Å². The van der Waals surface area contributed by atoms with Crippen LogP contribution < -0.4 is 10.6 Å². The van der Waals surface area contributed by atoms with Gasteiger partial charge in [-0.25, -0.2) is 4.79 Å². The van der Waals surface area contributed by atoms with Crippen LogP contribution in [0.15, 0.2) is 48.5 Å². The molecular formula is C24H25F3N2O5. The molecular weight excluding hydrogens is 453 g/mol. The zero-order valence-corrected chi connectivity index (χ0v) is 18.4. The molecule has 34 heavy (non-hydrogen) atoms. The summed E-state index contributed by atoms with van der Waals surface area (Å²) in [4.78, 5) is 34.8. The Labute approximate surface area is 194 Å². The van der Waals surface area contributed by atoms with Crippen LogP contribution in [0.3, 0.4) is 0 Å². The Hall–Kier alpha value is -3.56. The minimum Gasteiger partial charge on any atom is -0.481 e. The Bertz CT molecular complexity index is 1010. The normalized spacial score (nSPS) is 14.5. The van der Waals surface area contributed by atoms with Crippen molar-refractivity contribution in [1.29, 1.82) is 0 Å². The molecule has 1 aliphatic rings. The molecule has 2 atom stereocenters. The smallest absolute Gasteiger partial charge is 0.407 e. The third kappa shape index (κ3) is 6.06. The molecule has 0 aromatic heterocycles. The Morgan fingerprint density at radius 2 is 1.53 bits per heavy atom. The third-order valence-corrected chi connectivity index (χ3v) is 5.67. The van der Waals surface area contributed by atoms with Gasteiger partial charge in [-0.1, -0.05) is 55.5 Å². The second-order valence-electron chi connectivity index (χ2n) is 8.25. The molecule has 0 spiro atoms. The van der Waals surface area contributed by atoms with Gasteiger partial charge in [-0.2, -0.15) is 13.2 Å². The number of nitrogens with one attached hydrogen (secondary N) is 2. The third-order valence-electron chi connectivity index (χ3n) is 5.67. The summed E-state index contributed by atoms with van der Waals surface area (Å²) in [6.45, 7) is 0.764. The maximum absolute atomic E-state index is 12.6. The molecule has 3 rings (SSSR count). The maximum Gasteiger partial charge on any atom is 0.407 e. The fourth-order valence-corrected chi connectivity index (χ4v) is 3.93. The molecule has 7 nitrogen and oxygen atoms in total. The summed E-state index contributed by atoms with van der Waals surface area (Å²) in [5.41, 5.74) is 4.34. The second kappa shape index (κ2) is 10.6. The van der Waals surface area contributed by atoms with E-state index in [0.29, 0.717) is 0 Å². The van der Waals surface area contributed by atoms with Crippen LogP contribution in [0.1, 0.15) is 30.4 Å². The lowest BCUT2D eigenvalue weighted by molar-refractivity contribution is -0.192. The number of ether oxygens (including phenoxy) is 1. The summed E-state index contributed by atoms with van der Waals surface area (Å²) in [5, 5.41) is 13.2. The molecule has 2 aromatic carbocycles. The average Bonchev–Trinajstić information content (AvgIpc) is 3.09. The number of halogens is 3. The lowest BCUT2D eigenvalue weighted by Gasteiger charge is -2.18. The number of alkyl halides is 3. The van der Waals surface area contributed by atoms with E-state index in [1.807, 2.05) is 53.8 Å². The second-order valence-corrected chi connectivity index (χ2v) is 8.25. The van der Waals surface area contributed by atoms with Gasteiger partial charge < -0.3 is 20.5 Å². The standard InChI is InChI=1S/C24H25F3N2O5/c1-14(10-21(30)28-12-20(22(31)32)24(25,26)27)11-29-23(33)34-13-19-17-8-4-2-6-15(17)16-7-3-5-9-18(16)19/h2-9,14,19-20H,10-13H2,1H3,(H,28,30)(H,29,33)(H,31,32). The minimum absolute atomic E-state index is 0.0612. The van der Waals surface area contributed by atoms with Gasteiger partial charge in [0.15, 0.2) is 5.92 Å². The van der Waals surface area contributed by atoms with Gasteiger partial charge >= 0.3 is 18.2 Å². The number of carboxylic acids is 1. The van der Waals surface area contributed by atoms with Crippen molar-refractivity contribution in [3.63, 3.8) is 0 Å². The molecule has 2 aromatic rings. The predicted octanol–water partition coefficient (Wildman–Crippen LogP) is 3.93. The molecule has 0 saturated carbocycles. The number of carbonyl (C=O) groups is 3. The zero-order valence-electron chi connectivity index (χ0n) is 18.4. The van der Waals surface area contributed by atoms with Gasteiger partial charge in [0.25, 0.3) is 0 Å². The Kier molecular flexibility index (Phi) is 7.80. The largest absolute Gasteiger partial charge is 0.481 e. The molecule has 1 aliphatic carbocycles. The van der Waals surface area contributed by atoms with Gasteiger partial charge in [-0.15, -0.1) is 0 Å². The SMILES string of the molecule is CC(CNC(=O)OCC1c2ccccc2-c2ccccc21)CC(=O)NCC(C(=O)O)C(F)(F)F. The molecule has 2 amide bonds.